The van der Waals surface area contributed by atoms with Crippen molar-refractivity contribution in [3.63, 3.8) is 0 Å². The first-order valence-corrected chi connectivity index (χ1v) is 4.49. The van der Waals surface area contributed by atoms with Crippen molar-refractivity contribution in [2.75, 3.05) is 0 Å². The molecule has 0 atom stereocenters. The van der Waals surface area contributed by atoms with Gasteiger partial charge in [0, 0.05) is 6.20 Å². The molecule has 1 heterocycles. The van der Waals surface area contributed by atoms with Crippen molar-refractivity contribution in [2.45, 2.75) is 6.92 Å². The fourth-order valence-electron chi connectivity index (χ4n) is 0.548. The van der Waals surface area contributed by atoms with Gasteiger partial charge in [-0.2, -0.15) is 0 Å². The molecule has 0 aliphatic rings. The second-order valence-electron chi connectivity index (χ2n) is 1.85. The Bertz CT molecular complexity index is 237. The molecule has 0 amide bonds. The first-order chi connectivity index (χ1) is 4.63. The van der Waals surface area contributed by atoms with Crippen molar-refractivity contribution in [1.29, 1.82) is 0 Å². The van der Waals surface area contributed by atoms with Crippen LogP contribution in [0, 0.1) is 10.5 Å². The maximum absolute atomic E-state index is 9.29. The van der Waals surface area contributed by atoms with Gasteiger partial charge in [0.15, 0.2) is 0 Å². The number of aromatic nitrogens is 1. The normalized spacial score (nSPS) is 9.90. The summed E-state index contributed by atoms with van der Waals surface area (Å²) in [7, 11) is 0. The standard InChI is InChI=1S/C6H5BrINO/c1-3-5(7)6(10)4(8)2-9-3/h2H,1H3,(H,9,10). The van der Waals surface area contributed by atoms with Crippen LogP contribution in [0.1, 0.15) is 5.69 Å². The van der Waals surface area contributed by atoms with E-state index in [-0.39, 0.29) is 5.75 Å². The number of hydrogen-bond donors (Lipinski definition) is 1. The second kappa shape index (κ2) is 3.04. The average Bonchev–Trinajstić information content (AvgIpc) is 1.93. The summed E-state index contributed by atoms with van der Waals surface area (Å²) < 4.78 is 1.44. The Morgan fingerprint density at radius 2 is 2.30 bits per heavy atom. The van der Waals surface area contributed by atoms with Gasteiger partial charge in [-0.3, -0.25) is 4.98 Å². The van der Waals surface area contributed by atoms with E-state index < -0.39 is 0 Å². The maximum Gasteiger partial charge on any atom is 0.146 e. The van der Waals surface area contributed by atoms with E-state index in [9.17, 15) is 5.11 Å². The van der Waals surface area contributed by atoms with Crippen LogP contribution in [-0.2, 0) is 0 Å². The van der Waals surface area contributed by atoms with Crippen molar-refractivity contribution in [1.82, 2.24) is 4.98 Å². The van der Waals surface area contributed by atoms with Crippen LogP contribution in [0.4, 0.5) is 0 Å². The third kappa shape index (κ3) is 1.42. The minimum absolute atomic E-state index is 0.271. The van der Waals surface area contributed by atoms with E-state index in [4.69, 9.17) is 0 Å². The molecule has 0 saturated carbocycles. The summed E-state index contributed by atoms with van der Waals surface area (Å²) in [5.41, 5.74) is 0.804. The Morgan fingerprint density at radius 1 is 1.70 bits per heavy atom. The zero-order valence-electron chi connectivity index (χ0n) is 5.23. The average molecular weight is 314 g/mol. The van der Waals surface area contributed by atoms with Crippen LogP contribution in [0.25, 0.3) is 0 Å². The molecule has 54 valence electrons. The van der Waals surface area contributed by atoms with E-state index in [0.29, 0.717) is 4.47 Å². The third-order valence-corrected chi connectivity index (χ3v) is 2.86. The van der Waals surface area contributed by atoms with Gasteiger partial charge >= 0.3 is 0 Å². The quantitative estimate of drug-likeness (QED) is 0.746. The molecule has 2 nitrogen and oxygen atoms in total. The molecule has 0 fully saturated rings. The highest BCUT2D eigenvalue weighted by Gasteiger charge is 2.05. The highest BCUT2D eigenvalue weighted by Crippen LogP contribution is 2.29. The topological polar surface area (TPSA) is 33.1 Å². The van der Waals surface area contributed by atoms with Gasteiger partial charge in [-0.1, -0.05) is 0 Å². The van der Waals surface area contributed by atoms with E-state index in [1.807, 2.05) is 29.5 Å². The third-order valence-electron chi connectivity index (χ3n) is 1.12. The molecular formula is C6H5BrINO. The largest absolute Gasteiger partial charge is 0.506 e. The summed E-state index contributed by atoms with van der Waals surface area (Å²) in [5.74, 6) is 0.271. The number of pyridine rings is 1. The molecule has 0 aliphatic heterocycles. The van der Waals surface area contributed by atoms with Crippen molar-refractivity contribution < 1.29 is 5.11 Å². The SMILES string of the molecule is Cc1ncc(I)c(O)c1Br. The summed E-state index contributed by atoms with van der Waals surface area (Å²) >= 11 is 5.24. The predicted octanol–water partition coefficient (Wildman–Crippen LogP) is 2.46. The van der Waals surface area contributed by atoms with Crippen LogP contribution in [0.2, 0.25) is 0 Å². The molecule has 0 radical (unpaired) electrons. The van der Waals surface area contributed by atoms with Crippen LogP contribution in [-0.4, -0.2) is 10.1 Å². The second-order valence-corrected chi connectivity index (χ2v) is 3.81. The Morgan fingerprint density at radius 3 is 2.80 bits per heavy atom. The van der Waals surface area contributed by atoms with Gasteiger partial charge < -0.3 is 5.11 Å². The number of halogens is 2. The van der Waals surface area contributed by atoms with Gasteiger partial charge in [0.05, 0.1) is 13.7 Å². The molecule has 0 aromatic carbocycles. The van der Waals surface area contributed by atoms with Crippen LogP contribution < -0.4 is 0 Å². The monoisotopic (exact) mass is 313 g/mol. The van der Waals surface area contributed by atoms with Gasteiger partial charge in [0.2, 0.25) is 0 Å². The first-order valence-electron chi connectivity index (χ1n) is 2.62. The summed E-state index contributed by atoms with van der Waals surface area (Å²) in [6.07, 6.45) is 1.63. The van der Waals surface area contributed by atoms with E-state index >= 15 is 0 Å². The molecule has 0 bridgehead atoms. The number of aromatic hydroxyl groups is 1. The summed E-state index contributed by atoms with van der Waals surface area (Å²) in [6, 6.07) is 0. The Labute approximate surface area is 80.9 Å². The number of rotatable bonds is 0. The molecule has 0 aliphatic carbocycles. The maximum atomic E-state index is 9.29. The van der Waals surface area contributed by atoms with Gasteiger partial charge in [-0.15, -0.1) is 0 Å². The minimum Gasteiger partial charge on any atom is -0.506 e. The summed E-state index contributed by atoms with van der Waals surface area (Å²) in [4.78, 5) is 4.02. The van der Waals surface area contributed by atoms with Crippen molar-refractivity contribution >= 4 is 38.5 Å². The molecule has 0 saturated heterocycles. The fraction of sp³-hybridized carbons (Fsp3) is 0.167. The Balaban J connectivity index is 3.34. The van der Waals surface area contributed by atoms with E-state index in [2.05, 4.69) is 20.9 Å². The molecule has 10 heavy (non-hydrogen) atoms. The van der Waals surface area contributed by atoms with Crippen LogP contribution in [0.15, 0.2) is 10.7 Å². The minimum atomic E-state index is 0.271. The van der Waals surface area contributed by atoms with Gasteiger partial charge in [-0.05, 0) is 45.4 Å². The number of nitrogens with zero attached hydrogens (tertiary/aromatic N) is 1. The fourth-order valence-corrected chi connectivity index (χ4v) is 1.64. The molecule has 1 aromatic heterocycles. The van der Waals surface area contributed by atoms with Gasteiger partial charge in [-0.25, -0.2) is 0 Å². The zero-order chi connectivity index (χ0) is 7.72. The van der Waals surface area contributed by atoms with E-state index in [1.165, 1.54) is 0 Å². The lowest BCUT2D eigenvalue weighted by Gasteiger charge is -2.00. The van der Waals surface area contributed by atoms with Crippen molar-refractivity contribution in [3.05, 3.63) is 19.9 Å². The molecule has 4 heteroatoms. The number of hydrogen-bond acceptors (Lipinski definition) is 2. The van der Waals surface area contributed by atoms with Crippen molar-refractivity contribution in [3.8, 4) is 5.75 Å². The Kier molecular flexibility index (Phi) is 2.51. The van der Waals surface area contributed by atoms with Crippen molar-refractivity contribution in [2.24, 2.45) is 0 Å². The van der Waals surface area contributed by atoms with E-state index in [0.717, 1.165) is 9.26 Å². The van der Waals surface area contributed by atoms with Crippen LogP contribution in [0.3, 0.4) is 0 Å². The lowest BCUT2D eigenvalue weighted by atomic mass is 10.4. The first kappa shape index (κ1) is 8.26. The molecule has 0 unspecified atom stereocenters. The Hall–Kier alpha value is 0.160. The predicted molar refractivity (Wildman–Crippen MR) is 51.1 cm³/mol. The molecule has 1 rings (SSSR count). The highest BCUT2D eigenvalue weighted by molar-refractivity contribution is 14.1. The zero-order valence-corrected chi connectivity index (χ0v) is 8.97. The molecule has 1 aromatic rings. The van der Waals surface area contributed by atoms with Crippen LogP contribution >= 0.6 is 38.5 Å². The smallest absolute Gasteiger partial charge is 0.146 e. The van der Waals surface area contributed by atoms with E-state index in [1.54, 1.807) is 6.20 Å². The molecular weight excluding hydrogens is 309 g/mol. The summed E-state index contributed by atoms with van der Waals surface area (Å²) in [6.45, 7) is 1.83. The highest BCUT2D eigenvalue weighted by atomic mass is 127. The lowest BCUT2D eigenvalue weighted by molar-refractivity contribution is 0.466. The van der Waals surface area contributed by atoms with Gasteiger partial charge in [0.25, 0.3) is 0 Å². The molecule has 0 spiro atoms. The lowest BCUT2D eigenvalue weighted by Crippen LogP contribution is -1.85. The summed E-state index contributed by atoms with van der Waals surface area (Å²) in [5, 5.41) is 9.29. The molecule has 1 N–H and O–H groups in total. The van der Waals surface area contributed by atoms with Gasteiger partial charge in [0.1, 0.15) is 5.75 Å². The van der Waals surface area contributed by atoms with Crippen LogP contribution in [0.5, 0.6) is 5.75 Å². The number of aryl methyl sites for hydroxylation is 1.